The van der Waals surface area contributed by atoms with Gasteiger partial charge in [-0.25, -0.2) is 9.97 Å². The number of aromatic nitrogens is 2. The average molecular weight is 247 g/mol. The van der Waals surface area contributed by atoms with Gasteiger partial charge in [0.15, 0.2) is 0 Å². The molecule has 17 heavy (non-hydrogen) atoms. The molecule has 1 aliphatic rings. The molecule has 4 heteroatoms. The van der Waals surface area contributed by atoms with E-state index in [9.17, 15) is 0 Å². The van der Waals surface area contributed by atoms with Gasteiger partial charge in [-0.05, 0) is 31.7 Å². The van der Waals surface area contributed by atoms with E-state index in [1.54, 1.807) is 11.3 Å². The molecule has 0 saturated heterocycles. The Bertz CT molecular complexity index is 588. The Morgan fingerprint density at radius 2 is 2.00 bits per heavy atom. The summed E-state index contributed by atoms with van der Waals surface area (Å²) in [6.45, 7) is 6.57. The number of nitrogens with one attached hydrogen (secondary N) is 1. The second-order valence-corrected chi connectivity index (χ2v) is 6.17. The number of hydrogen-bond donors (Lipinski definition) is 1. The zero-order valence-corrected chi connectivity index (χ0v) is 11.5. The second kappa shape index (κ2) is 3.67. The van der Waals surface area contributed by atoms with Gasteiger partial charge in [-0.3, -0.25) is 0 Å². The number of hydrogen-bond acceptors (Lipinski definition) is 4. The van der Waals surface area contributed by atoms with Crippen LogP contribution in [0.2, 0.25) is 0 Å². The van der Waals surface area contributed by atoms with E-state index < -0.39 is 0 Å². The molecule has 0 bridgehead atoms. The fourth-order valence-corrected chi connectivity index (χ4v) is 3.33. The van der Waals surface area contributed by atoms with E-state index in [4.69, 9.17) is 9.97 Å². The van der Waals surface area contributed by atoms with Gasteiger partial charge in [0.1, 0.15) is 16.5 Å². The number of thiophene rings is 1. The Morgan fingerprint density at radius 3 is 2.59 bits per heavy atom. The van der Waals surface area contributed by atoms with Crippen molar-refractivity contribution in [2.45, 2.75) is 33.1 Å². The van der Waals surface area contributed by atoms with Gasteiger partial charge in [-0.15, -0.1) is 11.3 Å². The quantitative estimate of drug-likeness (QED) is 0.883. The fourth-order valence-electron chi connectivity index (χ4n) is 2.29. The monoisotopic (exact) mass is 247 g/mol. The molecule has 0 aromatic carbocycles. The third kappa shape index (κ3) is 1.62. The SMILES string of the molecule is CNc1nc(C2CC2C)nc2sc(C)c(C)c12. The molecule has 2 heterocycles. The van der Waals surface area contributed by atoms with Crippen LogP contribution < -0.4 is 5.32 Å². The van der Waals surface area contributed by atoms with E-state index in [-0.39, 0.29) is 0 Å². The predicted molar refractivity (Wildman–Crippen MR) is 73.0 cm³/mol. The van der Waals surface area contributed by atoms with Crippen LogP contribution in [0.4, 0.5) is 5.82 Å². The van der Waals surface area contributed by atoms with Crippen LogP contribution in [0.15, 0.2) is 0 Å². The van der Waals surface area contributed by atoms with Gasteiger partial charge in [0, 0.05) is 17.8 Å². The van der Waals surface area contributed by atoms with Gasteiger partial charge < -0.3 is 5.32 Å². The minimum absolute atomic E-state index is 0.578. The van der Waals surface area contributed by atoms with Gasteiger partial charge in [0.25, 0.3) is 0 Å². The highest BCUT2D eigenvalue weighted by atomic mass is 32.1. The topological polar surface area (TPSA) is 37.8 Å². The molecule has 1 saturated carbocycles. The Labute approximate surface area is 105 Å². The van der Waals surface area contributed by atoms with E-state index >= 15 is 0 Å². The minimum atomic E-state index is 0.578. The van der Waals surface area contributed by atoms with Crippen molar-refractivity contribution in [1.82, 2.24) is 9.97 Å². The van der Waals surface area contributed by atoms with Gasteiger partial charge >= 0.3 is 0 Å². The molecule has 0 amide bonds. The van der Waals surface area contributed by atoms with Gasteiger partial charge in [0.05, 0.1) is 5.39 Å². The van der Waals surface area contributed by atoms with Crippen molar-refractivity contribution in [3.8, 4) is 0 Å². The molecule has 3 nitrogen and oxygen atoms in total. The molecule has 2 unspecified atom stereocenters. The summed E-state index contributed by atoms with van der Waals surface area (Å²) >= 11 is 1.78. The van der Waals surface area contributed by atoms with Crippen LogP contribution in [0.1, 0.15) is 35.5 Å². The lowest BCUT2D eigenvalue weighted by Gasteiger charge is -2.05. The van der Waals surface area contributed by atoms with Gasteiger partial charge in [-0.1, -0.05) is 6.92 Å². The Balaban J connectivity index is 2.23. The van der Waals surface area contributed by atoms with Crippen molar-refractivity contribution in [3.63, 3.8) is 0 Å². The van der Waals surface area contributed by atoms with Crippen molar-refractivity contribution in [1.29, 1.82) is 0 Å². The fraction of sp³-hybridized carbons (Fsp3) is 0.538. The molecule has 0 aliphatic heterocycles. The summed E-state index contributed by atoms with van der Waals surface area (Å²) in [5, 5.41) is 4.42. The van der Waals surface area contributed by atoms with E-state index in [2.05, 4.69) is 26.1 Å². The highest BCUT2D eigenvalue weighted by molar-refractivity contribution is 7.18. The average Bonchev–Trinajstić information content (AvgIpc) is 2.97. The largest absolute Gasteiger partial charge is 0.372 e. The van der Waals surface area contributed by atoms with Crippen LogP contribution in [0.5, 0.6) is 0 Å². The maximum absolute atomic E-state index is 4.75. The maximum Gasteiger partial charge on any atom is 0.138 e. The summed E-state index contributed by atoms with van der Waals surface area (Å²) in [6, 6.07) is 0. The number of rotatable bonds is 2. The van der Waals surface area contributed by atoms with Crippen LogP contribution in [0, 0.1) is 19.8 Å². The zero-order valence-electron chi connectivity index (χ0n) is 10.7. The number of nitrogens with zero attached hydrogens (tertiary/aromatic N) is 2. The lowest BCUT2D eigenvalue weighted by Crippen LogP contribution is -2.00. The first kappa shape index (κ1) is 11.0. The molecule has 2 aromatic rings. The first-order valence-corrected chi connectivity index (χ1v) is 6.89. The maximum atomic E-state index is 4.75. The van der Waals surface area contributed by atoms with Crippen LogP contribution in [-0.4, -0.2) is 17.0 Å². The van der Waals surface area contributed by atoms with E-state index in [0.29, 0.717) is 5.92 Å². The van der Waals surface area contributed by atoms with E-state index in [1.165, 1.54) is 22.2 Å². The molecule has 1 aliphatic carbocycles. The molecule has 0 spiro atoms. The Hall–Kier alpha value is -1.16. The van der Waals surface area contributed by atoms with E-state index in [1.807, 2.05) is 7.05 Å². The molecule has 1 fully saturated rings. The first-order valence-electron chi connectivity index (χ1n) is 6.07. The summed E-state index contributed by atoms with van der Waals surface area (Å²) in [5.74, 6) is 3.34. The van der Waals surface area contributed by atoms with Crippen molar-refractivity contribution >= 4 is 27.4 Å². The second-order valence-electron chi connectivity index (χ2n) is 4.96. The molecular weight excluding hydrogens is 230 g/mol. The van der Waals surface area contributed by atoms with Crippen molar-refractivity contribution in [2.24, 2.45) is 5.92 Å². The summed E-state index contributed by atoms with van der Waals surface area (Å²) < 4.78 is 0. The lowest BCUT2D eigenvalue weighted by molar-refractivity contribution is 0.854. The van der Waals surface area contributed by atoms with Gasteiger partial charge in [0.2, 0.25) is 0 Å². The molecule has 2 aromatic heterocycles. The minimum Gasteiger partial charge on any atom is -0.372 e. The highest BCUT2D eigenvalue weighted by Crippen LogP contribution is 2.46. The molecule has 90 valence electrons. The van der Waals surface area contributed by atoms with Crippen molar-refractivity contribution < 1.29 is 0 Å². The number of fused-ring (bicyclic) bond motifs is 1. The van der Waals surface area contributed by atoms with E-state index in [0.717, 1.165) is 22.4 Å². The zero-order chi connectivity index (χ0) is 12.2. The Kier molecular flexibility index (Phi) is 2.36. The number of aryl methyl sites for hydroxylation is 2. The summed E-state index contributed by atoms with van der Waals surface area (Å²) in [4.78, 5) is 11.9. The third-order valence-electron chi connectivity index (χ3n) is 3.72. The highest BCUT2D eigenvalue weighted by Gasteiger charge is 2.37. The Morgan fingerprint density at radius 1 is 1.29 bits per heavy atom. The summed E-state index contributed by atoms with van der Waals surface area (Å²) in [7, 11) is 1.94. The summed E-state index contributed by atoms with van der Waals surface area (Å²) in [6.07, 6.45) is 1.23. The third-order valence-corrected chi connectivity index (χ3v) is 4.83. The molecule has 1 N–H and O–H groups in total. The van der Waals surface area contributed by atoms with Crippen LogP contribution in [0.25, 0.3) is 10.2 Å². The lowest BCUT2D eigenvalue weighted by atomic mass is 10.2. The van der Waals surface area contributed by atoms with Crippen molar-refractivity contribution in [3.05, 3.63) is 16.3 Å². The summed E-state index contributed by atoms with van der Waals surface area (Å²) in [5.41, 5.74) is 1.31. The number of anilines is 1. The van der Waals surface area contributed by atoms with Crippen LogP contribution in [0.3, 0.4) is 0 Å². The van der Waals surface area contributed by atoms with Crippen molar-refractivity contribution in [2.75, 3.05) is 12.4 Å². The molecular formula is C13H17N3S. The molecule has 2 atom stereocenters. The molecule has 0 radical (unpaired) electrons. The smallest absolute Gasteiger partial charge is 0.138 e. The first-order chi connectivity index (χ1) is 8.11. The predicted octanol–water partition coefficient (Wildman–Crippen LogP) is 3.47. The standard InChI is InChI=1S/C13H17N3S/c1-6-5-9(6)11-15-12(14-4)10-7(2)8(3)17-13(10)16-11/h6,9H,5H2,1-4H3,(H,14,15,16). The molecule has 3 rings (SSSR count). The van der Waals surface area contributed by atoms with Crippen LogP contribution >= 0.6 is 11.3 Å². The van der Waals surface area contributed by atoms with Gasteiger partial charge in [-0.2, -0.15) is 0 Å². The van der Waals surface area contributed by atoms with Crippen LogP contribution in [-0.2, 0) is 0 Å². The normalized spacial score (nSPS) is 23.1.